The average molecular weight is 365 g/mol. The van der Waals surface area contributed by atoms with Gasteiger partial charge in [-0.25, -0.2) is 13.4 Å². The predicted octanol–water partition coefficient (Wildman–Crippen LogP) is 2.10. The number of rotatable bonds is 3. The lowest BCUT2D eigenvalue weighted by Gasteiger charge is -2.23. The van der Waals surface area contributed by atoms with Crippen LogP contribution in [0.25, 0.3) is 16.4 Å². The van der Waals surface area contributed by atoms with Crippen LogP contribution in [0.4, 0.5) is 0 Å². The standard InChI is InChI=1S/C16H20N3.CH4O4S/c1-12-15(11-19(2,3)4)18-10-9-13-7-5-6-8-14(13)16(18)17-12;1-5-6(2,3)4/h5-10H,11H2,1-4H3;1H3,(H,2,3,4)/q+1;/p-1. The van der Waals surface area contributed by atoms with Crippen LogP contribution in [0.2, 0.25) is 0 Å². The molecule has 1 aromatic carbocycles. The number of aromatic nitrogens is 2. The van der Waals surface area contributed by atoms with Crippen LogP contribution in [-0.2, 0) is 21.1 Å². The third kappa shape index (κ3) is 4.99. The van der Waals surface area contributed by atoms with Gasteiger partial charge >= 0.3 is 0 Å². The minimum atomic E-state index is -4.41. The van der Waals surface area contributed by atoms with Crippen LogP contribution in [0.15, 0.2) is 36.5 Å². The molecule has 0 atom stereocenters. The summed E-state index contributed by atoms with van der Waals surface area (Å²) in [7, 11) is 3.02. The Morgan fingerprint density at radius 2 is 1.80 bits per heavy atom. The summed E-state index contributed by atoms with van der Waals surface area (Å²) in [6, 6.07) is 10.6. The molecule has 2 heterocycles. The van der Waals surface area contributed by atoms with Gasteiger partial charge in [0.25, 0.3) is 0 Å². The van der Waals surface area contributed by atoms with E-state index in [4.69, 9.17) is 4.98 Å². The molecule has 0 radical (unpaired) electrons. The average Bonchev–Trinajstić information content (AvgIpc) is 2.82. The molecule has 0 amide bonds. The zero-order chi connectivity index (χ0) is 18.8. The fourth-order valence-electron chi connectivity index (χ4n) is 2.57. The molecule has 0 saturated heterocycles. The summed E-state index contributed by atoms with van der Waals surface area (Å²) in [6.07, 6.45) is 2.14. The van der Waals surface area contributed by atoms with Crippen molar-refractivity contribution >= 4 is 26.8 Å². The Morgan fingerprint density at radius 1 is 1.20 bits per heavy atom. The molecule has 0 bridgehead atoms. The Labute approximate surface area is 148 Å². The lowest BCUT2D eigenvalue weighted by atomic mass is 10.2. The topological polar surface area (TPSA) is 83.7 Å². The summed E-state index contributed by atoms with van der Waals surface area (Å²) in [4.78, 5) is 4.78. The molecule has 0 aliphatic heterocycles. The zero-order valence-electron chi connectivity index (χ0n) is 15.1. The van der Waals surface area contributed by atoms with Crippen LogP contribution < -0.4 is 0 Å². The van der Waals surface area contributed by atoms with Crippen molar-refractivity contribution in [3.05, 3.63) is 47.9 Å². The van der Waals surface area contributed by atoms with Gasteiger partial charge in [-0.05, 0) is 18.4 Å². The summed E-state index contributed by atoms with van der Waals surface area (Å²) < 4.78 is 34.2. The first-order valence-electron chi connectivity index (χ1n) is 7.69. The van der Waals surface area contributed by atoms with Gasteiger partial charge in [0.15, 0.2) is 0 Å². The second-order valence-corrected chi connectivity index (χ2v) is 7.91. The zero-order valence-corrected chi connectivity index (χ0v) is 15.9. The van der Waals surface area contributed by atoms with Crippen LogP contribution in [0.3, 0.4) is 0 Å². The molecule has 25 heavy (non-hydrogen) atoms. The van der Waals surface area contributed by atoms with E-state index >= 15 is 0 Å². The molecule has 0 saturated carbocycles. The Hall–Kier alpha value is -2.00. The number of aryl methyl sites for hydroxylation is 1. The molecule has 2 aromatic heterocycles. The van der Waals surface area contributed by atoms with Gasteiger partial charge in [-0.1, -0.05) is 24.3 Å². The van der Waals surface area contributed by atoms with Crippen molar-refractivity contribution in [1.82, 2.24) is 9.38 Å². The highest BCUT2D eigenvalue weighted by Gasteiger charge is 2.17. The van der Waals surface area contributed by atoms with E-state index < -0.39 is 10.4 Å². The number of nitrogens with zero attached hydrogens (tertiary/aromatic N) is 3. The van der Waals surface area contributed by atoms with Gasteiger partial charge in [0.1, 0.15) is 17.9 Å². The first-order chi connectivity index (χ1) is 11.5. The van der Waals surface area contributed by atoms with Crippen LogP contribution in [0, 0.1) is 6.92 Å². The minimum absolute atomic E-state index is 0.808. The fourth-order valence-corrected chi connectivity index (χ4v) is 2.57. The number of hydrogen-bond acceptors (Lipinski definition) is 5. The number of quaternary nitrogens is 1. The predicted molar refractivity (Wildman–Crippen MR) is 95.9 cm³/mol. The lowest BCUT2D eigenvalue weighted by molar-refractivity contribution is -0.884. The molecule has 0 aliphatic carbocycles. The maximum absolute atomic E-state index is 9.22. The first-order valence-corrected chi connectivity index (χ1v) is 9.02. The monoisotopic (exact) mass is 365 g/mol. The number of benzene rings is 1. The quantitative estimate of drug-likeness (QED) is 0.403. The number of imidazole rings is 1. The number of hydrogen-bond donors (Lipinski definition) is 0. The number of pyridine rings is 1. The van der Waals surface area contributed by atoms with Crippen molar-refractivity contribution in [2.24, 2.45) is 0 Å². The highest BCUT2D eigenvalue weighted by Crippen LogP contribution is 2.23. The Kier molecular flexibility index (Phi) is 5.48. The maximum atomic E-state index is 9.22. The van der Waals surface area contributed by atoms with Gasteiger partial charge in [0, 0.05) is 11.6 Å². The van der Waals surface area contributed by atoms with E-state index in [-0.39, 0.29) is 0 Å². The third-order valence-corrected chi connectivity index (χ3v) is 4.05. The summed E-state index contributed by atoms with van der Waals surface area (Å²) >= 11 is 0. The van der Waals surface area contributed by atoms with Crippen molar-refractivity contribution in [2.45, 2.75) is 13.5 Å². The smallest absolute Gasteiger partial charge is 0.217 e. The fraction of sp³-hybridized carbons (Fsp3) is 0.353. The molecule has 0 N–H and O–H groups in total. The second-order valence-electron chi connectivity index (χ2n) is 6.76. The number of fused-ring (bicyclic) bond motifs is 3. The van der Waals surface area contributed by atoms with E-state index in [0.717, 1.165) is 29.5 Å². The second kappa shape index (κ2) is 7.09. The normalized spacial score (nSPS) is 12.2. The van der Waals surface area contributed by atoms with E-state index in [2.05, 4.69) is 73.2 Å². The van der Waals surface area contributed by atoms with Crippen LogP contribution in [0.1, 0.15) is 11.4 Å². The van der Waals surface area contributed by atoms with Crippen molar-refractivity contribution in [1.29, 1.82) is 0 Å². The molecule has 3 aromatic rings. The van der Waals surface area contributed by atoms with E-state index in [1.165, 1.54) is 16.5 Å². The first kappa shape index (κ1) is 19.3. The van der Waals surface area contributed by atoms with Crippen molar-refractivity contribution in [2.75, 3.05) is 28.3 Å². The molecule has 7 nitrogen and oxygen atoms in total. The summed E-state index contributed by atoms with van der Waals surface area (Å²) in [5.74, 6) is 0. The third-order valence-electron chi connectivity index (χ3n) is 3.64. The molecule has 0 unspecified atom stereocenters. The molecule has 3 rings (SSSR count). The van der Waals surface area contributed by atoms with Crippen LogP contribution in [0.5, 0.6) is 0 Å². The molecule has 0 aliphatic rings. The van der Waals surface area contributed by atoms with Gasteiger partial charge in [0.05, 0.1) is 33.9 Å². The minimum Gasteiger partial charge on any atom is -0.726 e. The molecular formula is C17H23N3O4S. The van der Waals surface area contributed by atoms with Gasteiger partial charge in [0.2, 0.25) is 10.4 Å². The van der Waals surface area contributed by atoms with Crippen LogP contribution >= 0.6 is 0 Å². The van der Waals surface area contributed by atoms with E-state index in [9.17, 15) is 13.0 Å². The largest absolute Gasteiger partial charge is 0.726 e. The SMILES string of the molecule is COS(=O)(=O)[O-].Cc1nc2c3ccccc3ccn2c1C[N+](C)(C)C. The molecule has 136 valence electrons. The maximum Gasteiger partial charge on any atom is 0.217 e. The van der Waals surface area contributed by atoms with Crippen molar-refractivity contribution in [3.63, 3.8) is 0 Å². The van der Waals surface area contributed by atoms with Gasteiger partial charge in [-0.15, -0.1) is 0 Å². The lowest BCUT2D eigenvalue weighted by Crippen LogP contribution is -2.34. The summed E-state index contributed by atoms with van der Waals surface area (Å²) in [5, 5.41) is 2.47. The van der Waals surface area contributed by atoms with E-state index in [1.54, 1.807) is 0 Å². The highest BCUT2D eigenvalue weighted by atomic mass is 32.3. The van der Waals surface area contributed by atoms with E-state index in [1.807, 2.05) is 0 Å². The molecule has 0 fully saturated rings. The van der Waals surface area contributed by atoms with Crippen molar-refractivity contribution in [3.8, 4) is 0 Å². The van der Waals surface area contributed by atoms with Gasteiger partial charge in [-0.2, -0.15) is 0 Å². The van der Waals surface area contributed by atoms with Gasteiger partial charge in [-0.3, -0.25) is 8.58 Å². The Bertz CT molecular complexity index is 988. The van der Waals surface area contributed by atoms with Crippen LogP contribution in [-0.4, -0.2) is 55.1 Å². The Morgan fingerprint density at radius 3 is 2.36 bits per heavy atom. The van der Waals surface area contributed by atoms with Crippen molar-refractivity contribution < 1.29 is 21.6 Å². The highest BCUT2D eigenvalue weighted by molar-refractivity contribution is 7.80. The van der Waals surface area contributed by atoms with E-state index in [0.29, 0.717) is 0 Å². The Balaban J connectivity index is 0.000000326. The molecule has 0 spiro atoms. The van der Waals surface area contributed by atoms with Gasteiger partial charge < -0.3 is 9.04 Å². The molecule has 8 heteroatoms. The molecular weight excluding hydrogens is 342 g/mol. The summed E-state index contributed by atoms with van der Waals surface area (Å²) in [6.45, 7) is 3.08. The summed E-state index contributed by atoms with van der Waals surface area (Å²) in [5.41, 5.74) is 3.50.